The van der Waals surface area contributed by atoms with Gasteiger partial charge in [-0.1, -0.05) is 17.7 Å². The van der Waals surface area contributed by atoms with Gasteiger partial charge in [0.15, 0.2) is 0 Å². The summed E-state index contributed by atoms with van der Waals surface area (Å²) in [7, 11) is 0. The molecule has 1 atom stereocenters. The lowest BCUT2D eigenvalue weighted by Gasteiger charge is -2.03. The van der Waals surface area contributed by atoms with E-state index in [2.05, 4.69) is 6.58 Å². The van der Waals surface area contributed by atoms with Gasteiger partial charge in [0.25, 0.3) is 0 Å². The van der Waals surface area contributed by atoms with E-state index in [0.29, 0.717) is 6.42 Å². The first-order valence-corrected chi connectivity index (χ1v) is 3.76. The van der Waals surface area contributed by atoms with Crippen LogP contribution in [0.4, 0.5) is 0 Å². The van der Waals surface area contributed by atoms with Crippen molar-refractivity contribution < 1.29 is 10.2 Å². The maximum atomic E-state index is 9.19. The summed E-state index contributed by atoms with van der Waals surface area (Å²) in [6, 6.07) is 0. The molecular formula is C9H16O2. The van der Waals surface area contributed by atoms with E-state index in [4.69, 9.17) is 5.11 Å². The Kier molecular flexibility index (Phi) is 5.80. The molecule has 0 aromatic heterocycles. The fourth-order valence-electron chi connectivity index (χ4n) is 0.708. The highest BCUT2D eigenvalue weighted by Crippen LogP contribution is 2.04. The predicted molar refractivity (Wildman–Crippen MR) is 46.3 cm³/mol. The monoisotopic (exact) mass is 156 g/mol. The van der Waals surface area contributed by atoms with Crippen LogP contribution in [0.25, 0.3) is 0 Å². The number of hydrogen-bond donors (Lipinski definition) is 2. The van der Waals surface area contributed by atoms with Crippen molar-refractivity contribution >= 4 is 0 Å². The van der Waals surface area contributed by atoms with Gasteiger partial charge in [0, 0.05) is 0 Å². The van der Waals surface area contributed by atoms with E-state index < -0.39 is 6.10 Å². The molecule has 0 saturated carbocycles. The van der Waals surface area contributed by atoms with E-state index in [0.717, 1.165) is 12.0 Å². The van der Waals surface area contributed by atoms with E-state index in [1.54, 1.807) is 12.2 Å². The molecular weight excluding hydrogens is 140 g/mol. The molecule has 2 heteroatoms. The molecule has 0 spiro atoms. The summed E-state index contributed by atoms with van der Waals surface area (Å²) in [5.74, 6) is 0. The summed E-state index contributed by atoms with van der Waals surface area (Å²) in [5, 5.41) is 17.6. The Hall–Kier alpha value is -0.600. The Balaban J connectivity index is 3.44. The maximum Gasteiger partial charge on any atom is 0.0724 e. The zero-order valence-electron chi connectivity index (χ0n) is 6.95. The number of rotatable bonds is 5. The van der Waals surface area contributed by atoms with E-state index in [1.165, 1.54) is 0 Å². The van der Waals surface area contributed by atoms with E-state index >= 15 is 0 Å². The molecule has 0 saturated heterocycles. The first-order chi connectivity index (χ1) is 5.16. The zero-order valence-corrected chi connectivity index (χ0v) is 6.95. The van der Waals surface area contributed by atoms with Crippen molar-refractivity contribution in [2.75, 3.05) is 6.61 Å². The fourth-order valence-corrected chi connectivity index (χ4v) is 0.708. The molecule has 0 aromatic carbocycles. The van der Waals surface area contributed by atoms with E-state index in [1.807, 2.05) is 6.92 Å². The zero-order chi connectivity index (χ0) is 8.69. The van der Waals surface area contributed by atoms with Crippen LogP contribution in [0.5, 0.6) is 0 Å². The second-order valence-corrected chi connectivity index (χ2v) is 2.67. The third kappa shape index (κ3) is 7.30. The molecule has 0 bridgehead atoms. The lowest BCUT2D eigenvalue weighted by Crippen LogP contribution is -2.01. The molecule has 64 valence electrons. The third-order valence-electron chi connectivity index (χ3n) is 1.33. The van der Waals surface area contributed by atoms with Crippen molar-refractivity contribution in [2.24, 2.45) is 0 Å². The van der Waals surface area contributed by atoms with Gasteiger partial charge in [0.05, 0.1) is 12.7 Å². The van der Waals surface area contributed by atoms with Gasteiger partial charge in [-0.3, -0.25) is 0 Å². The highest BCUT2D eigenvalue weighted by molar-refractivity contribution is 4.93. The van der Waals surface area contributed by atoms with Crippen molar-refractivity contribution in [1.29, 1.82) is 0 Å². The van der Waals surface area contributed by atoms with Crippen LogP contribution in [0.15, 0.2) is 24.3 Å². The molecule has 11 heavy (non-hydrogen) atoms. The molecule has 1 unspecified atom stereocenters. The van der Waals surface area contributed by atoms with Crippen molar-refractivity contribution in [1.82, 2.24) is 0 Å². The van der Waals surface area contributed by atoms with Crippen LogP contribution < -0.4 is 0 Å². The van der Waals surface area contributed by atoms with Crippen molar-refractivity contribution in [2.45, 2.75) is 25.9 Å². The number of hydrogen-bond acceptors (Lipinski definition) is 2. The fraction of sp³-hybridized carbons (Fsp3) is 0.556. The topological polar surface area (TPSA) is 40.5 Å². The Labute approximate surface area is 67.9 Å². The van der Waals surface area contributed by atoms with Gasteiger partial charge in [-0.05, 0) is 19.8 Å². The van der Waals surface area contributed by atoms with E-state index in [-0.39, 0.29) is 6.61 Å². The van der Waals surface area contributed by atoms with Gasteiger partial charge in [-0.25, -0.2) is 0 Å². The number of allylic oxidation sites excluding steroid dienone is 1. The van der Waals surface area contributed by atoms with Gasteiger partial charge >= 0.3 is 0 Å². The number of aliphatic hydroxyl groups is 2. The van der Waals surface area contributed by atoms with Gasteiger partial charge < -0.3 is 10.2 Å². The average molecular weight is 156 g/mol. The van der Waals surface area contributed by atoms with Crippen LogP contribution >= 0.6 is 0 Å². The van der Waals surface area contributed by atoms with Crippen LogP contribution in [0.1, 0.15) is 19.8 Å². The molecule has 0 rings (SSSR count). The van der Waals surface area contributed by atoms with Crippen LogP contribution in [0.3, 0.4) is 0 Å². The lowest BCUT2D eigenvalue weighted by atomic mass is 10.1. The highest BCUT2D eigenvalue weighted by atomic mass is 16.3. The summed E-state index contributed by atoms with van der Waals surface area (Å²) < 4.78 is 0. The van der Waals surface area contributed by atoms with E-state index in [9.17, 15) is 5.11 Å². The summed E-state index contributed by atoms with van der Waals surface area (Å²) in [6.45, 7) is 5.65. The molecule has 0 aliphatic heterocycles. The first kappa shape index (κ1) is 10.4. The first-order valence-electron chi connectivity index (χ1n) is 3.76. The smallest absolute Gasteiger partial charge is 0.0724 e. The van der Waals surface area contributed by atoms with Gasteiger partial charge in [0.2, 0.25) is 0 Å². The largest absolute Gasteiger partial charge is 0.392 e. The third-order valence-corrected chi connectivity index (χ3v) is 1.33. The Morgan fingerprint density at radius 3 is 2.73 bits per heavy atom. The second-order valence-electron chi connectivity index (χ2n) is 2.67. The predicted octanol–water partition coefficient (Wildman–Crippen LogP) is 1.25. The minimum Gasteiger partial charge on any atom is -0.392 e. The molecule has 2 N–H and O–H groups in total. The molecule has 0 amide bonds. The van der Waals surface area contributed by atoms with Crippen molar-refractivity contribution in [3.05, 3.63) is 24.3 Å². The summed E-state index contributed by atoms with van der Waals surface area (Å²) in [5.41, 5.74) is 1.07. The summed E-state index contributed by atoms with van der Waals surface area (Å²) in [4.78, 5) is 0. The SMILES string of the molecule is C=C(C)CCC(O)/C=C\CO. The van der Waals surface area contributed by atoms with Crippen LogP contribution in [-0.4, -0.2) is 22.9 Å². The van der Waals surface area contributed by atoms with Gasteiger partial charge in [-0.15, -0.1) is 6.58 Å². The van der Waals surface area contributed by atoms with Crippen LogP contribution in [-0.2, 0) is 0 Å². The quantitative estimate of drug-likeness (QED) is 0.588. The Bertz CT molecular complexity index is 138. The summed E-state index contributed by atoms with van der Waals surface area (Å²) >= 11 is 0. The normalized spacial score (nSPS) is 13.7. The maximum absolute atomic E-state index is 9.19. The van der Waals surface area contributed by atoms with Gasteiger partial charge in [-0.2, -0.15) is 0 Å². The van der Waals surface area contributed by atoms with Crippen LogP contribution in [0.2, 0.25) is 0 Å². The van der Waals surface area contributed by atoms with Crippen molar-refractivity contribution in [3.8, 4) is 0 Å². The lowest BCUT2D eigenvalue weighted by molar-refractivity contribution is 0.211. The molecule has 0 aliphatic carbocycles. The molecule has 0 aliphatic rings. The van der Waals surface area contributed by atoms with Crippen molar-refractivity contribution in [3.63, 3.8) is 0 Å². The average Bonchev–Trinajstić information content (AvgIpc) is 1.97. The number of aliphatic hydroxyl groups excluding tert-OH is 2. The second kappa shape index (κ2) is 6.13. The Morgan fingerprint density at radius 1 is 1.64 bits per heavy atom. The standard InChI is InChI=1S/C9H16O2/c1-8(2)5-6-9(11)4-3-7-10/h3-4,9-11H,1,5-7H2,2H3/b4-3-. The molecule has 0 radical (unpaired) electrons. The molecule has 0 aromatic rings. The molecule has 2 nitrogen and oxygen atoms in total. The van der Waals surface area contributed by atoms with Gasteiger partial charge in [0.1, 0.15) is 0 Å². The summed E-state index contributed by atoms with van der Waals surface area (Å²) in [6.07, 6.45) is 4.22. The van der Waals surface area contributed by atoms with Crippen LogP contribution in [0, 0.1) is 0 Å². The minimum absolute atomic E-state index is 0.00979. The Morgan fingerprint density at radius 2 is 2.27 bits per heavy atom. The highest BCUT2D eigenvalue weighted by Gasteiger charge is 1.97. The minimum atomic E-state index is -0.446. The molecule has 0 heterocycles. The molecule has 0 fully saturated rings.